The third kappa shape index (κ3) is 7.20. The average molecular weight is 533 g/mol. The van der Waals surface area contributed by atoms with Crippen molar-refractivity contribution in [3.8, 4) is 0 Å². The van der Waals surface area contributed by atoms with Crippen LogP contribution in [0, 0.1) is 0 Å². The minimum Gasteiger partial charge on any atom is -0.467 e. The Morgan fingerprint density at radius 2 is 1.75 bits per heavy atom. The Morgan fingerprint density at radius 1 is 1.03 bits per heavy atom. The molecule has 0 aliphatic carbocycles. The van der Waals surface area contributed by atoms with Crippen molar-refractivity contribution in [3.05, 3.63) is 76.0 Å². The van der Waals surface area contributed by atoms with E-state index in [2.05, 4.69) is 31.2 Å². The third-order valence-corrected chi connectivity index (χ3v) is 5.41. The highest BCUT2D eigenvalue weighted by Crippen LogP contribution is 2.24. The Labute approximate surface area is 215 Å². The number of halogens is 2. The summed E-state index contributed by atoms with van der Waals surface area (Å²) in [7, 11) is 1.14. The lowest BCUT2D eigenvalue weighted by atomic mass is 10.2. The number of aromatic amines is 1. The summed E-state index contributed by atoms with van der Waals surface area (Å²) in [5, 5.41) is 10.6. The topological polar surface area (TPSA) is 154 Å². The summed E-state index contributed by atoms with van der Waals surface area (Å²) in [6, 6.07) is 9.91. The van der Waals surface area contributed by atoms with Crippen molar-refractivity contribution in [3.63, 3.8) is 0 Å². The van der Waals surface area contributed by atoms with Crippen LogP contribution in [0.2, 0.25) is 10.0 Å². The van der Waals surface area contributed by atoms with Gasteiger partial charge < -0.3 is 31.0 Å². The van der Waals surface area contributed by atoms with Crippen molar-refractivity contribution in [1.82, 2.24) is 25.9 Å². The molecule has 5 N–H and O–H groups in total. The Morgan fingerprint density at radius 3 is 2.42 bits per heavy atom. The van der Waals surface area contributed by atoms with Gasteiger partial charge in [-0.1, -0.05) is 35.3 Å². The largest absolute Gasteiger partial charge is 0.467 e. The lowest BCUT2D eigenvalue weighted by Crippen LogP contribution is -2.50. The minimum atomic E-state index is -1.22. The van der Waals surface area contributed by atoms with E-state index in [0.717, 1.165) is 7.11 Å². The first-order valence-electron chi connectivity index (χ1n) is 10.5. The molecular formula is C23H22Cl2N6O5. The molecule has 3 aromatic rings. The van der Waals surface area contributed by atoms with E-state index in [1.807, 2.05) is 0 Å². The maximum atomic E-state index is 12.6. The molecule has 3 rings (SSSR count). The van der Waals surface area contributed by atoms with Gasteiger partial charge in [-0.05, 0) is 30.3 Å². The molecule has 188 valence electrons. The number of imidazole rings is 1. The second-order valence-electron chi connectivity index (χ2n) is 7.28. The first-order valence-corrected chi connectivity index (χ1v) is 11.3. The summed E-state index contributed by atoms with van der Waals surface area (Å²) in [6.07, 6.45) is 3.24. The van der Waals surface area contributed by atoms with Gasteiger partial charge in [0.15, 0.2) is 0 Å². The van der Waals surface area contributed by atoms with E-state index >= 15 is 0 Å². The Bertz CT molecular complexity index is 1230. The van der Waals surface area contributed by atoms with Crippen LogP contribution in [0.3, 0.4) is 0 Å². The van der Waals surface area contributed by atoms with Crippen molar-refractivity contribution in [1.29, 1.82) is 0 Å². The summed E-state index contributed by atoms with van der Waals surface area (Å²) in [4.78, 5) is 56.4. The molecule has 3 amide bonds. The number of nitrogens with zero attached hydrogens (tertiary/aromatic N) is 1. The molecule has 11 nitrogen and oxygen atoms in total. The second-order valence-corrected chi connectivity index (χ2v) is 8.09. The van der Waals surface area contributed by atoms with Gasteiger partial charge in [-0.15, -0.1) is 0 Å². The maximum Gasteiger partial charge on any atom is 0.330 e. The van der Waals surface area contributed by atoms with Crippen LogP contribution in [0.5, 0.6) is 0 Å². The Hall–Kier alpha value is -4.09. The SMILES string of the molecule is COC(=O)[C@H](CNC(=O)CNC(=O)c1cccc(Nc2ncc[nH]2)c1)NC(=O)c1c(Cl)cccc1Cl. The second kappa shape index (κ2) is 12.6. The van der Waals surface area contributed by atoms with Crippen LogP contribution in [0.4, 0.5) is 11.6 Å². The number of hydrogen-bond donors (Lipinski definition) is 5. The number of aromatic nitrogens is 2. The number of benzene rings is 2. The smallest absolute Gasteiger partial charge is 0.330 e. The highest BCUT2D eigenvalue weighted by molar-refractivity contribution is 6.39. The highest BCUT2D eigenvalue weighted by atomic mass is 35.5. The van der Waals surface area contributed by atoms with Gasteiger partial charge in [0.2, 0.25) is 11.9 Å². The monoisotopic (exact) mass is 532 g/mol. The zero-order valence-electron chi connectivity index (χ0n) is 18.9. The van der Waals surface area contributed by atoms with Crippen molar-refractivity contribution in [2.75, 3.05) is 25.5 Å². The molecular weight excluding hydrogens is 511 g/mol. The number of anilines is 2. The molecule has 0 saturated carbocycles. The van der Waals surface area contributed by atoms with Crippen LogP contribution >= 0.6 is 23.2 Å². The van der Waals surface area contributed by atoms with E-state index < -0.39 is 29.7 Å². The van der Waals surface area contributed by atoms with Crippen LogP contribution in [-0.4, -0.2) is 59.9 Å². The molecule has 0 bridgehead atoms. The number of H-pyrrole nitrogens is 1. The average Bonchev–Trinajstić information content (AvgIpc) is 3.37. The number of carbonyl (C=O) groups is 4. The number of methoxy groups -OCH3 is 1. The van der Waals surface area contributed by atoms with Crippen molar-refractivity contribution in [2.45, 2.75) is 6.04 Å². The summed E-state index contributed by atoms with van der Waals surface area (Å²) in [5.74, 6) is -2.08. The molecule has 1 atom stereocenters. The molecule has 2 aromatic carbocycles. The fraction of sp³-hybridized carbons (Fsp3) is 0.174. The van der Waals surface area contributed by atoms with Gasteiger partial charge in [-0.2, -0.15) is 0 Å². The summed E-state index contributed by atoms with van der Waals surface area (Å²) < 4.78 is 4.69. The quantitative estimate of drug-likeness (QED) is 0.251. The normalized spacial score (nSPS) is 11.2. The lowest BCUT2D eigenvalue weighted by Gasteiger charge is -2.18. The van der Waals surface area contributed by atoms with Gasteiger partial charge in [0.1, 0.15) is 6.04 Å². The summed E-state index contributed by atoms with van der Waals surface area (Å²) in [5.41, 5.74) is 0.921. The molecule has 0 spiro atoms. The van der Waals surface area contributed by atoms with Crippen LogP contribution in [0.25, 0.3) is 0 Å². The zero-order valence-corrected chi connectivity index (χ0v) is 20.4. The maximum absolute atomic E-state index is 12.6. The zero-order chi connectivity index (χ0) is 26.1. The molecule has 0 fully saturated rings. The van der Waals surface area contributed by atoms with Crippen molar-refractivity contribution >= 4 is 58.5 Å². The number of carbonyl (C=O) groups excluding carboxylic acids is 4. The lowest BCUT2D eigenvalue weighted by molar-refractivity contribution is -0.142. The molecule has 0 aliphatic rings. The van der Waals surface area contributed by atoms with Crippen LogP contribution in [0.1, 0.15) is 20.7 Å². The third-order valence-electron chi connectivity index (χ3n) is 4.78. The molecule has 36 heavy (non-hydrogen) atoms. The minimum absolute atomic E-state index is 0.0166. The Balaban J connectivity index is 1.53. The molecule has 0 unspecified atom stereocenters. The van der Waals surface area contributed by atoms with Gasteiger partial charge in [0, 0.05) is 30.2 Å². The molecule has 0 aliphatic heterocycles. The molecule has 0 saturated heterocycles. The predicted octanol–water partition coefficient (Wildman–Crippen LogP) is 2.28. The van der Waals surface area contributed by atoms with E-state index in [1.54, 1.807) is 42.7 Å². The number of rotatable bonds is 10. The van der Waals surface area contributed by atoms with Gasteiger partial charge in [-0.3, -0.25) is 14.4 Å². The molecule has 0 radical (unpaired) electrons. The van der Waals surface area contributed by atoms with Gasteiger partial charge >= 0.3 is 5.97 Å². The molecule has 1 aromatic heterocycles. The summed E-state index contributed by atoms with van der Waals surface area (Å²) in [6.45, 7) is -0.662. The van der Waals surface area contributed by atoms with Gasteiger partial charge in [-0.25, -0.2) is 9.78 Å². The van der Waals surface area contributed by atoms with Gasteiger partial charge in [0.25, 0.3) is 11.8 Å². The standard InChI is InChI=1S/C23H22Cl2N6O5/c1-36-22(35)17(31-21(34)19-15(24)6-3-7-16(19)25)11-28-18(32)12-29-20(33)13-4-2-5-14(10-13)30-23-26-8-9-27-23/h2-10,17H,11-12H2,1H3,(H,28,32)(H,29,33)(H,31,34)(H2,26,27,30)/t17-/m0/s1. The predicted molar refractivity (Wildman–Crippen MR) is 133 cm³/mol. The van der Waals surface area contributed by atoms with Gasteiger partial charge in [0.05, 0.1) is 29.3 Å². The van der Waals surface area contributed by atoms with Crippen LogP contribution in [-0.2, 0) is 14.3 Å². The fourth-order valence-corrected chi connectivity index (χ4v) is 3.60. The van der Waals surface area contributed by atoms with Crippen molar-refractivity contribution < 1.29 is 23.9 Å². The fourth-order valence-electron chi connectivity index (χ4n) is 3.03. The molecule has 1 heterocycles. The van der Waals surface area contributed by atoms with E-state index in [1.165, 1.54) is 12.1 Å². The van der Waals surface area contributed by atoms with Crippen LogP contribution in [0.15, 0.2) is 54.9 Å². The first kappa shape index (κ1) is 26.5. The number of nitrogens with one attached hydrogen (secondary N) is 5. The molecule has 13 heteroatoms. The summed E-state index contributed by atoms with van der Waals surface area (Å²) >= 11 is 12.1. The Kier molecular flexibility index (Phi) is 9.25. The highest BCUT2D eigenvalue weighted by Gasteiger charge is 2.25. The number of ether oxygens (including phenoxy) is 1. The van der Waals surface area contributed by atoms with E-state index in [-0.39, 0.29) is 28.7 Å². The first-order chi connectivity index (χ1) is 17.3. The van der Waals surface area contributed by atoms with E-state index in [9.17, 15) is 19.2 Å². The number of hydrogen-bond acceptors (Lipinski definition) is 7. The van der Waals surface area contributed by atoms with Crippen LogP contribution < -0.4 is 21.3 Å². The number of esters is 1. The number of amides is 3. The van der Waals surface area contributed by atoms with E-state index in [0.29, 0.717) is 17.2 Å². The van der Waals surface area contributed by atoms with Crippen molar-refractivity contribution in [2.24, 2.45) is 0 Å². The van der Waals surface area contributed by atoms with E-state index in [4.69, 9.17) is 27.9 Å².